The zero-order valence-electron chi connectivity index (χ0n) is 9.22. The van der Waals surface area contributed by atoms with Crippen LogP contribution in [-0.4, -0.2) is 38.8 Å². The predicted octanol–water partition coefficient (Wildman–Crippen LogP) is -1.17. The van der Waals surface area contributed by atoms with Crippen molar-refractivity contribution in [3.05, 3.63) is 0 Å². The highest BCUT2D eigenvalue weighted by atomic mass is 16.6. The first-order chi connectivity index (χ1) is 8.92. The van der Waals surface area contributed by atoms with E-state index in [2.05, 4.69) is 40.4 Å². The molecule has 4 rings (SSSR count). The quantitative estimate of drug-likeness (QED) is 0.518. The molecule has 0 unspecified atom stereocenters. The molecule has 0 spiro atoms. The van der Waals surface area contributed by atoms with Gasteiger partial charge in [-0.15, -0.1) is 9.43 Å². The lowest BCUT2D eigenvalue weighted by Gasteiger charge is -2.10. The van der Waals surface area contributed by atoms with E-state index in [1.165, 1.54) is 4.80 Å². The normalized spacial score (nSPS) is 15.9. The van der Waals surface area contributed by atoms with Crippen molar-refractivity contribution in [3.63, 3.8) is 0 Å². The summed E-state index contributed by atoms with van der Waals surface area (Å²) >= 11 is 0. The Hall–Kier alpha value is -2.52. The first-order valence-corrected chi connectivity index (χ1v) is 5.55. The fourth-order valence-electron chi connectivity index (χ4n) is 2.04. The van der Waals surface area contributed by atoms with Gasteiger partial charge < -0.3 is 9.53 Å². The van der Waals surface area contributed by atoms with Gasteiger partial charge in [-0.25, -0.2) is 0 Å². The molecule has 10 heteroatoms. The molecule has 1 saturated heterocycles. The molecule has 18 heavy (non-hydrogen) atoms. The molecular weight excluding hydrogens is 240 g/mol. The minimum atomic E-state index is 0.324. The van der Waals surface area contributed by atoms with Crippen LogP contribution in [0.3, 0.4) is 0 Å². The summed E-state index contributed by atoms with van der Waals surface area (Å²) in [5, 5.41) is 23.1. The molecule has 0 radical (unpaired) electrons. The third kappa shape index (κ3) is 1.28. The van der Waals surface area contributed by atoms with E-state index in [1.807, 2.05) is 0 Å². The van der Waals surface area contributed by atoms with Gasteiger partial charge in [0.1, 0.15) is 5.65 Å². The Bertz CT molecular complexity index is 649. The summed E-state index contributed by atoms with van der Waals surface area (Å²) in [5.41, 5.74) is 0.649. The van der Waals surface area contributed by atoms with E-state index >= 15 is 0 Å². The maximum Gasteiger partial charge on any atom is 0.441 e. The molecule has 1 aliphatic heterocycles. The minimum Gasteiger partial charge on any atom is -0.347 e. The van der Waals surface area contributed by atoms with E-state index in [0.29, 0.717) is 22.9 Å². The minimum absolute atomic E-state index is 0.324. The van der Waals surface area contributed by atoms with E-state index < -0.39 is 0 Å². The average molecular weight is 248 g/mol. The number of rotatable bonds is 2. The summed E-state index contributed by atoms with van der Waals surface area (Å²) in [7, 11) is 0. The van der Waals surface area contributed by atoms with E-state index in [1.54, 1.807) is 0 Å². The third-order valence-electron chi connectivity index (χ3n) is 2.88. The molecule has 0 amide bonds. The van der Waals surface area contributed by atoms with Crippen molar-refractivity contribution in [2.45, 2.75) is 12.8 Å². The molecule has 10 nitrogen and oxygen atoms in total. The average Bonchev–Trinajstić information content (AvgIpc) is 3.13. The summed E-state index contributed by atoms with van der Waals surface area (Å²) in [6.45, 7) is 1.86. The number of hydrogen-bond donors (Lipinski definition) is 0. The number of aromatic nitrogens is 7. The first kappa shape index (κ1) is 9.50. The van der Waals surface area contributed by atoms with Crippen LogP contribution in [0.5, 0.6) is 0 Å². The fourth-order valence-corrected chi connectivity index (χ4v) is 2.04. The van der Waals surface area contributed by atoms with Crippen molar-refractivity contribution >= 4 is 17.1 Å². The van der Waals surface area contributed by atoms with Gasteiger partial charge >= 0.3 is 5.82 Å². The summed E-state index contributed by atoms with van der Waals surface area (Å²) in [6, 6.07) is 0. The summed E-state index contributed by atoms with van der Waals surface area (Å²) in [4.78, 5) is 3.40. The monoisotopic (exact) mass is 248 g/mol. The van der Waals surface area contributed by atoms with Crippen LogP contribution in [-0.2, 0) is 0 Å². The Morgan fingerprint density at radius 1 is 1.06 bits per heavy atom. The summed E-state index contributed by atoms with van der Waals surface area (Å²) in [6.07, 6.45) is 2.27. The number of fused-ring (bicyclic) bond motifs is 1. The van der Waals surface area contributed by atoms with Crippen molar-refractivity contribution in [1.29, 1.82) is 0 Å². The standard InChI is InChI=1S/C8H8N8O2/c1-2-4-15(3-1)7-8(14-18-13-7)16-9-5-6(10-16)12-17-11-5/h1-4H2. The molecule has 3 aromatic heterocycles. The lowest BCUT2D eigenvalue weighted by atomic mass is 10.4. The van der Waals surface area contributed by atoms with E-state index in [4.69, 9.17) is 4.63 Å². The van der Waals surface area contributed by atoms with Gasteiger partial charge in [0.05, 0.1) is 0 Å². The third-order valence-corrected chi connectivity index (χ3v) is 2.88. The molecule has 1 fully saturated rings. The molecule has 0 bridgehead atoms. The van der Waals surface area contributed by atoms with Crippen LogP contribution in [0.2, 0.25) is 0 Å². The van der Waals surface area contributed by atoms with Crippen molar-refractivity contribution < 1.29 is 14.1 Å². The molecule has 4 heterocycles. The number of anilines is 1. The van der Waals surface area contributed by atoms with Gasteiger partial charge in [-0.3, -0.25) is 0 Å². The fraction of sp³-hybridized carbons (Fsp3) is 0.500. The Balaban J connectivity index is 1.80. The van der Waals surface area contributed by atoms with Gasteiger partial charge in [0.15, 0.2) is 10.8 Å². The van der Waals surface area contributed by atoms with Crippen molar-refractivity contribution in [2.75, 3.05) is 18.0 Å². The zero-order chi connectivity index (χ0) is 11.9. The van der Waals surface area contributed by atoms with Gasteiger partial charge in [-0.1, -0.05) is 5.16 Å². The zero-order valence-corrected chi connectivity index (χ0v) is 9.22. The van der Waals surface area contributed by atoms with Gasteiger partial charge in [0.25, 0.3) is 5.82 Å². The van der Waals surface area contributed by atoms with E-state index in [9.17, 15) is 0 Å². The van der Waals surface area contributed by atoms with Gasteiger partial charge in [-0.05, 0) is 12.8 Å². The lowest BCUT2D eigenvalue weighted by Crippen LogP contribution is -2.40. The van der Waals surface area contributed by atoms with Crippen LogP contribution in [0.15, 0.2) is 9.26 Å². The van der Waals surface area contributed by atoms with Crippen LogP contribution >= 0.6 is 0 Å². The Kier molecular flexibility index (Phi) is 1.84. The molecule has 0 aromatic carbocycles. The summed E-state index contributed by atoms with van der Waals surface area (Å²) < 4.78 is 9.28. The van der Waals surface area contributed by atoms with Crippen molar-refractivity contribution in [3.8, 4) is 5.82 Å². The second-order valence-electron chi connectivity index (χ2n) is 4.01. The smallest absolute Gasteiger partial charge is 0.347 e. The highest BCUT2D eigenvalue weighted by Crippen LogP contribution is 2.20. The lowest BCUT2D eigenvalue weighted by molar-refractivity contribution is -0.719. The largest absolute Gasteiger partial charge is 0.441 e. The molecule has 0 saturated carbocycles. The summed E-state index contributed by atoms with van der Waals surface area (Å²) in [5.74, 6) is 1.08. The van der Waals surface area contributed by atoms with Crippen LogP contribution in [0, 0.1) is 0 Å². The second-order valence-corrected chi connectivity index (χ2v) is 4.01. The molecule has 0 N–H and O–H groups in total. The molecule has 0 aliphatic carbocycles. The Morgan fingerprint density at radius 2 is 1.89 bits per heavy atom. The number of nitrogens with zero attached hydrogens (tertiary/aromatic N) is 8. The van der Waals surface area contributed by atoms with E-state index in [0.717, 1.165) is 25.9 Å². The molecule has 0 atom stereocenters. The van der Waals surface area contributed by atoms with Crippen molar-refractivity contribution in [2.24, 2.45) is 0 Å². The van der Waals surface area contributed by atoms with Gasteiger partial charge in [-0.2, -0.15) is 15.4 Å². The molecule has 3 aromatic rings. The van der Waals surface area contributed by atoms with Crippen molar-refractivity contribution in [1.82, 2.24) is 30.8 Å². The molecular formula is C8H8N8O2. The highest BCUT2D eigenvalue weighted by Gasteiger charge is 2.29. The number of hydrogen-bond acceptors (Lipinski definition) is 8. The van der Waals surface area contributed by atoms with Crippen LogP contribution in [0.25, 0.3) is 17.1 Å². The Labute approximate surface area is 99.5 Å². The Morgan fingerprint density at radius 3 is 2.72 bits per heavy atom. The maximum absolute atomic E-state index is 4.78. The maximum atomic E-state index is 4.78. The molecule has 92 valence electrons. The topological polar surface area (TPSA) is 112 Å². The van der Waals surface area contributed by atoms with Gasteiger partial charge in [0, 0.05) is 18.2 Å². The van der Waals surface area contributed by atoms with Crippen LogP contribution in [0.4, 0.5) is 5.82 Å². The van der Waals surface area contributed by atoms with Crippen LogP contribution in [0.1, 0.15) is 12.8 Å². The SMILES string of the molecule is C1CCN(c2nonc2-[n+]2nc3nonc3[n-]2)C1. The van der Waals surface area contributed by atoms with Crippen LogP contribution < -0.4 is 14.8 Å². The molecule has 1 aliphatic rings. The highest BCUT2D eigenvalue weighted by molar-refractivity contribution is 5.60. The first-order valence-electron chi connectivity index (χ1n) is 5.55. The predicted molar refractivity (Wildman–Crippen MR) is 53.8 cm³/mol. The van der Waals surface area contributed by atoms with Gasteiger partial charge in [0.2, 0.25) is 0 Å². The second kappa shape index (κ2) is 3.48. The van der Waals surface area contributed by atoms with E-state index in [-0.39, 0.29) is 0 Å².